The predicted molar refractivity (Wildman–Crippen MR) is 219 cm³/mol. The highest BCUT2D eigenvalue weighted by Gasteiger charge is 2.49. The number of carbonyl (C=O) groups excluding carboxylic acids is 3. The van der Waals surface area contributed by atoms with Gasteiger partial charge in [-0.3, -0.25) is 19.2 Å². The average Bonchev–Trinajstić information content (AvgIpc) is 3.46. The van der Waals surface area contributed by atoms with Gasteiger partial charge in [-0.05, 0) is 32.1 Å². The number of aliphatic hydroxyl groups excluding tert-OH is 2. The fourth-order valence-corrected chi connectivity index (χ4v) is 8.21. The van der Waals surface area contributed by atoms with Gasteiger partial charge in [-0.1, -0.05) is 58.1 Å². The highest BCUT2D eigenvalue weighted by Crippen LogP contribution is 2.48. The summed E-state index contributed by atoms with van der Waals surface area (Å²) in [4.78, 5) is 60.0. The van der Waals surface area contributed by atoms with Crippen LogP contribution in [0.3, 0.4) is 0 Å². The van der Waals surface area contributed by atoms with E-state index in [1.165, 1.54) is 40.2 Å². The van der Waals surface area contributed by atoms with E-state index >= 15 is 0 Å². The maximum absolute atomic E-state index is 14.6. The molecular weight excluding hydrogens is 746 g/mol. The number of nitrogens with one attached hydrogen (secondary N) is 1. The largest absolute Gasteiger partial charge is 0.505 e. The molecule has 2 aliphatic rings. The van der Waals surface area contributed by atoms with Crippen LogP contribution < -0.4 is 15.5 Å². The van der Waals surface area contributed by atoms with Crippen molar-refractivity contribution in [1.29, 1.82) is 0 Å². The maximum Gasteiger partial charge on any atom is 0.312 e. The fourth-order valence-electron chi connectivity index (χ4n) is 8.21. The second-order valence-electron chi connectivity index (χ2n) is 15.7. The number of ketones is 1. The molecule has 4 bridgehead atoms. The zero-order valence-electron chi connectivity index (χ0n) is 34.3. The predicted octanol–water partition coefficient (Wildman–Crippen LogP) is 5.74. The van der Waals surface area contributed by atoms with E-state index in [9.17, 15) is 34.5 Å². The Bertz CT molecular complexity index is 2490. The molecule has 14 heteroatoms. The number of fused-ring (bicyclic) bond motifs is 2. The number of aromatic hydroxyl groups is 1. The van der Waals surface area contributed by atoms with Gasteiger partial charge in [0, 0.05) is 68.2 Å². The smallest absolute Gasteiger partial charge is 0.312 e. The summed E-state index contributed by atoms with van der Waals surface area (Å²) in [7, 11) is 3.18. The monoisotopic (exact) mass is 797 g/mol. The summed E-state index contributed by atoms with van der Waals surface area (Å²) in [5.41, 5.74) is 1.05. The van der Waals surface area contributed by atoms with E-state index < -0.39 is 82.7 Å². The summed E-state index contributed by atoms with van der Waals surface area (Å²) in [6.07, 6.45) is 3.79. The third-order valence-electron chi connectivity index (χ3n) is 11.8. The average molecular weight is 798 g/mol. The molecular formula is C44H51N3O11. The highest BCUT2D eigenvalue weighted by atomic mass is 16.7. The van der Waals surface area contributed by atoms with Gasteiger partial charge in [0.1, 0.15) is 17.5 Å². The van der Waals surface area contributed by atoms with Crippen molar-refractivity contribution in [3.63, 3.8) is 0 Å². The lowest BCUT2D eigenvalue weighted by molar-refractivity contribution is -0.160. The summed E-state index contributed by atoms with van der Waals surface area (Å²) in [6, 6.07) is 7.19. The molecule has 3 aromatic carbocycles. The van der Waals surface area contributed by atoms with Gasteiger partial charge in [-0.2, -0.15) is 0 Å². The normalized spacial score (nSPS) is 30.4. The molecule has 6 rings (SSSR count). The summed E-state index contributed by atoms with van der Waals surface area (Å²) >= 11 is 0. The molecule has 0 spiro atoms. The van der Waals surface area contributed by atoms with Crippen molar-refractivity contribution in [2.45, 2.75) is 85.6 Å². The standard InChI is InChI=1S/C44H51N3O11/c1-20-14-13-15-21(2)43(54)46-34-35-33(45-27-16-11-12-17-28(27)47(35)9)30-31(39(34)52)38(51)25(6)41-32(30)42(53)44(8,58-41)56-19-18-29(55-10)22(3)40(57-26(7)48)24(5)37(50)23(4)36(20)49/h11-20,22-24,29,36-37,40,49-50,52H,1-10H3,(H,46,54)/b14-13+,19-18+,21-15-/t20-,22+,23+,24+,29-,36-,37+,40+,44-/m0/s1. The van der Waals surface area contributed by atoms with Gasteiger partial charge < -0.3 is 44.2 Å². The van der Waals surface area contributed by atoms with Crippen LogP contribution in [0.25, 0.3) is 32.8 Å². The molecule has 3 heterocycles. The van der Waals surface area contributed by atoms with E-state index in [2.05, 4.69) is 5.32 Å². The number of carbonyl (C=O) groups is 3. The Kier molecular flexibility index (Phi) is 11.6. The lowest BCUT2D eigenvalue weighted by atomic mass is 9.78. The number of aliphatic hydroxyl groups is 2. The van der Waals surface area contributed by atoms with Gasteiger partial charge in [-0.15, -0.1) is 0 Å². The van der Waals surface area contributed by atoms with Crippen LogP contribution in [0.5, 0.6) is 11.5 Å². The molecule has 4 N–H and O–H groups in total. The second kappa shape index (κ2) is 16.0. The van der Waals surface area contributed by atoms with Crippen molar-refractivity contribution in [2.24, 2.45) is 30.7 Å². The number of methoxy groups -OCH3 is 1. The molecule has 0 unspecified atom stereocenters. The Morgan fingerprint density at radius 3 is 2.34 bits per heavy atom. The zero-order chi connectivity index (χ0) is 42.5. The molecule has 308 valence electrons. The SMILES string of the molecule is CO[C@H]1/C=C/O[C@@]2(C)Oc3c(C)c(=O)c4c(O)c(c5c(nc6ccccc6n5C)c4c3C2=O)NC(=O)/C(C)=C\C=C\[C@H](C)[C@H](O)[C@@H](C)[C@@H](O)[C@@H](C)[C@H](OC(C)=O)[C@@H]1C. The maximum atomic E-state index is 14.6. The number of rotatable bonds is 2. The molecule has 9 atom stereocenters. The Morgan fingerprint density at radius 2 is 1.67 bits per heavy atom. The Labute approximate surface area is 335 Å². The van der Waals surface area contributed by atoms with E-state index in [0.29, 0.717) is 11.0 Å². The summed E-state index contributed by atoms with van der Waals surface area (Å²) < 4.78 is 25.5. The van der Waals surface area contributed by atoms with Crippen molar-refractivity contribution in [2.75, 3.05) is 12.4 Å². The second-order valence-corrected chi connectivity index (χ2v) is 15.7. The van der Waals surface area contributed by atoms with Crippen LogP contribution in [0.4, 0.5) is 5.69 Å². The van der Waals surface area contributed by atoms with E-state index in [-0.39, 0.29) is 49.9 Å². The van der Waals surface area contributed by atoms with Gasteiger partial charge in [0.15, 0.2) is 11.2 Å². The molecule has 0 saturated heterocycles. The van der Waals surface area contributed by atoms with Gasteiger partial charge >= 0.3 is 11.8 Å². The number of amides is 1. The quantitative estimate of drug-likeness (QED) is 0.0832. The molecule has 2 aliphatic heterocycles. The molecule has 0 aliphatic carbocycles. The molecule has 0 saturated carbocycles. The number of allylic oxidation sites excluding steroid dienone is 2. The first kappa shape index (κ1) is 42.0. The van der Waals surface area contributed by atoms with Crippen LogP contribution in [0.15, 0.2) is 65.2 Å². The topological polar surface area (TPSA) is 196 Å². The lowest BCUT2D eigenvalue weighted by Gasteiger charge is -2.38. The number of ether oxygens (including phenoxy) is 4. The molecule has 14 nitrogen and oxygen atoms in total. The fraction of sp³-hybridized carbons (Fsp3) is 0.432. The number of hydrogen-bond donors (Lipinski definition) is 4. The van der Waals surface area contributed by atoms with E-state index in [1.54, 1.807) is 76.6 Å². The molecule has 1 aromatic heterocycles. The van der Waals surface area contributed by atoms with Gasteiger partial charge in [0.25, 0.3) is 11.7 Å². The number of phenolic OH excluding ortho intramolecular Hbond substituents is 1. The van der Waals surface area contributed by atoms with Crippen LogP contribution in [0.2, 0.25) is 0 Å². The number of para-hydroxylation sites is 2. The minimum absolute atomic E-state index is 0.0283. The van der Waals surface area contributed by atoms with Crippen LogP contribution in [0, 0.1) is 30.6 Å². The number of Topliss-reactive ketones (excluding diaryl/α,β-unsaturated/α-hetero) is 1. The number of benzene rings is 3. The van der Waals surface area contributed by atoms with Crippen molar-refractivity contribution in [1.82, 2.24) is 9.55 Å². The number of nitrogens with zero attached hydrogens (tertiary/aromatic N) is 2. The number of phenols is 1. The van der Waals surface area contributed by atoms with Gasteiger partial charge in [-0.25, -0.2) is 4.98 Å². The summed E-state index contributed by atoms with van der Waals surface area (Å²) in [6.45, 7) is 12.7. The van der Waals surface area contributed by atoms with Crippen molar-refractivity contribution < 1.29 is 48.7 Å². The van der Waals surface area contributed by atoms with E-state index in [0.717, 1.165) is 0 Å². The first-order valence-electron chi connectivity index (χ1n) is 19.3. The molecule has 4 aromatic rings. The Balaban J connectivity index is 1.60. The van der Waals surface area contributed by atoms with Crippen molar-refractivity contribution in [3.8, 4) is 11.5 Å². The van der Waals surface area contributed by atoms with Crippen molar-refractivity contribution >= 4 is 56.2 Å². The van der Waals surface area contributed by atoms with Crippen LogP contribution in [-0.2, 0) is 30.8 Å². The molecule has 0 fully saturated rings. The third kappa shape index (κ3) is 7.13. The molecule has 0 radical (unpaired) electrons. The van der Waals surface area contributed by atoms with E-state index in [1.807, 2.05) is 12.1 Å². The van der Waals surface area contributed by atoms with Crippen LogP contribution in [0.1, 0.15) is 64.4 Å². The molecule has 1 amide bonds. The zero-order valence-corrected chi connectivity index (χ0v) is 34.3. The first-order valence-corrected chi connectivity index (χ1v) is 19.3. The lowest BCUT2D eigenvalue weighted by Crippen LogP contribution is -2.46. The third-order valence-corrected chi connectivity index (χ3v) is 11.8. The van der Waals surface area contributed by atoms with E-state index in [4.69, 9.17) is 23.9 Å². The number of aromatic nitrogens is 2. The van der Waals surface area contributed by atoms with Gasteiger partial charge in [0.2, 0.25) is 0 Å². The molecule has 58 heavy (non-hydrogen) atoms. The Hall–Kier alpha value is -5.57. The minimum atomic E-state index is -2.00. The highest BCUT2D eigenvalue weighted by molar-refractivity contribution is 6.27. The summed E-state index contributed by atoms with van der Waals surface area (Å²) in [5.74, 6) is -6.85. The number of anilines is 1. The van der Waals surface area contributed by atoms with Crippen LogP contribution >= 0.6 is 0 Å². The van der Waals surface area contributed by atoms with Gasteiger partial charge in [0.05, 0.1) is 57.6 Å². The number of esters is 1. The van der Waals surface area contributed by atoms with Crippen molar-refractivity contribution in [3.05, 3.63) is 81.8 Å². The minimum Gasteiger partial charge on any atom is -0.505 e. The van der Waals surface area contributed by atoms with Crippen LogP contribution in [-0.4, -0.2) is 79.8 Å². The Morgan fingerprint density at radius 1 is 0.983 bits per heavy atom. The number of aryl methyl sites for hydroxylation is 1. The first-order chi connectivity index (χ1) is 27.3. The number of hydrogen-bond acceptors (Lipinski definition) is 12. The summed E-state index contributed by atoms with van der Waals surface area (Å²) in [5, 5.41) is 37.5.